The fraction of sp³-hybridized carbons (Fsp3) is 1.00. The van der Waals surface area contributed by atoms with Crippen LogP contribution in [0.25, 0.3) is 0 Å². The average molecular weight is 202 g/mol. The Bertz CT molecular complexity index is 245. The highest BCUT2D eigenvalue weighted by Gasteiger charge is 2.67. The largest absolute Gasteiger partial charge is 0.363 e. The van der Waals surface area contributed by atoms with Crippen LogP contribution in [0.4, 0.5) is 0 Å². The maximum Gasteiger partial charge on any atom is 0.192 e. The van der Waals surface area contributed by atoms with Crippen molar-refractivity contribution in [2.45, 2.75) is 63.3 Å². The quantitative estimate of drug-likeness (QED) is 0.609. The standard InChI is InChI=1S/C10H18O4/c1-7-5-6-8(2,10(4,12)13-7)14-9(7,3)11/h11-12H,5-6H2,1-4H3/t7-,8-,9-,10-/m1/s1. The zero-order valence-corrected chi connectivity index (χ0v) is 9.13. The molecular weight excluding hydrogens is 184 g/mol. The lowest BCUT2D eigenvalue weighted by Crippen LogP contribution is -2.76. The van der Waals surface area contributed by atoms with Gasteiger partial charge in [0.05, 0.1) is 0 Å². The summed E-state index contributed by atoms with van der Waals surface area (Å²) in [6.45, 7) is 6.69. The molecule has 4 heteroatoms. The Hall–Kier alpha value is -0.160. The first-order valence-electron chi connectivity index (χ1n) is 4.97. The molecule has 0 aromatic carbocycles. The SMILES string of the molecule is C[C@@]12CC[C@@](C)(O[C@@]1(C)O)[C@](C)(O)O2. The van der Waals surface area contributed by atoms with Crippen LogP contribution in [-0.4, -0.2) is 33.0 Å². The summed E-state index contributed by atoms with van der Waals surface area (Å²) in [5.41, 5.74) is -1.65. The van der Waals surface area contributed by atoms with Gasteiger partial charge in [0, 0.05) is 0 Å². The summed E-state index contributed by atoms with van der Waals surface area (Å²) in [6.07, 6.45) is 1.37. The molecule has 14 heavy (non-hydrogen) atoms. The van der Waals surface area contributed by atoms with Crippen LogP contribution in [0.1, 0.15) is 40.5 Å². The first-order valence-corrected chi connectivity index (χ1v) is 4.97. The van der Waals surface area contributed by atoms with Gasteiger partial charge < -0.3 is 19.7 Å². The molecule has 0 spiro atoms. The minimum absolute atomic E-state index is 0.687. The van der Waals surface area contributed by atoms with Crippen LogP contribution in [0.15, 0.2) is 0 Å². The summed E-state index contributed by atoms with van der Waals surface area (Å²) >= 11 is 0. The number of aliphatic hydroxyl groups is 2. The molecule has 3 saturated heterocycles. The molecule has 0 saturated carbocycles. The third-order valence-corrected chi connectivity index (χ3v) is 3.89. The topological polar surface area (TPSA) is 58.9 Å². The minimum Gasteiger partial charge on any atom is -0.363 e. The van der Waals surface area contributed by atoms with Crippen molar-refractivity contribution >= 4 is 0 Å². The van der Waals surface area contributed by atoms with Gasteiger partial charge in [-0.05, 0) is 40.5 Å². The van der Waals surface area contributed by atoms with E-state index in [4.69, 9.17) is 9.47 Å². The second kappa shape index (κ2) is 2.32. The molecule has 0 aromatic rings. The number of hydrogen-bond donors (Lipinski definition) is 2. The van der Waals surface area contributed by atoms with Crippen molar-refractivity contribution in [3.63, 3.8) is 0 Å². The Kier molecular flexibility index (Phi) is 1.72. The second-order valence-electron chi connectivity index (χ2n) is 5.13. The van der Waals surface area contributed by atoms with Crippen molar-refractivity contribution in [3.05, 3.63) is 0 Å². The maximum atomic E-state index is 10.1. The molecular formula is C10H18O4. The molecule has 3 fully saturated rings. The van der Waals surface area contributed by atoms with Gasteiger partial charge in [0.2, 0.25) is 0 Å². The van der Waals surface area contributed by atoms with E-state index in [9.17, 15) is 10.2 Å². The van der Waals surface area contributed by atoms with Crippen molar-refractivity contribution in [1.82, 2.24) is 0 Å². The van der Waals surface area contributed by atoms with Crippen molar-refractivity contribution in [1.29, 1.82) is 0 Å². The Balaban J connectivity index is 2.43. The summed E-state index contributed by atoms with van der Waals surface area (Å²) in [5, 5.41) is 20.1. The lowest BCUT2D eigenvalue weighted by molar-refractivity contribution is -0.497. The van der Waals surface area contributed by atoms with Crippen LogP contribution in [-0.2, 0) is 9.47 Å². The average Bonchev–Trinajstić information content (AvgIpc) is 1.94. The molecule has 0 amide bonds. The number of fused-ring (bicyclic) bond motifs is 3. The molecule has 0 radical (unpaired) electrons. The highest BCUT2D eigenvalue weighted by atomic mass is 16.8. The molecule has 0 aliphatic carbocycles. The van der Waals surface area contributed by atoms with Crippen LogP contribution < -0.4 is 0 Å². The van der Waals surface area contributed by atoms with E-state index in [0.29, 0.717) is 12.8 Å². The Morgan fingerprint density at radius 3 is 1.29 bits per heavy atom. The molecule has 0 aromatic heterocycles. The lowest BCUT2D eigenvalue weighted by atomic mass is 9.74. The number of rotatable bonds is 0. The first-order chi connectivity index (χ1) is 6.12. The first kappa shape index (κ1) is 10.4. The van der Waals surface area contributed by atoms with Gasteiger partial charge in [-0.2, -0.15) is 0 Å². The minimum atomic E-state index is -1.33. The molecule has 4 atom stereocenters. The summed E-state index contributed by atoms with van der Waals surface area (Å²) in [5.74, 6) is -2.66. The van der Waals surface area contributed by atoms with E-state index in [1.54, 1.807) is 27.7 Å². The Morgan fingerprint density at radius 2 is 1.07 bits per heavy atom. The summed E-state index contributed by atoms with van der Waals surface area (Å²) in [4.78, 5) is 0. The van der Waals surface area contributed by atoms with Gasteiger partial charge in [-0.15, -0.1) is 0 Å². The van der Waals surface area contributed by atoms with Gasteiger partial charge in [0.15, 0.2) is 11.6 Å². The van der Waals surface area contributed by atoms with Crippen molar-refractivity contribution in [2.75, 3.05) is 0 Å². The smallest absolute Gasteiger partial charge is 0.192 e. The fourth-order valence-electron chi connectivity index (χ4n) is 2.33. The number of hydrogen-bond acceptors (Lipinski definition) is 4. The predicted octanol–water partition coefficient (Wildman–Crippen LogP) is 0.761. The number of ether oxygens (including phenoxy) is 2. The lowest BCUT2D eigenvalue weighted by Gasteiger charge is -2.63. The van der Waals surface area contributed by atoms with Crippen molar-refractivity contribution in [2.24, 2.45) is 0 Å². The summed E-state index contributed by atoms with van der Waals surface area (Å²) < 4.78 is 11.1. The van der Waals surface area contributed by atoms with Gasteiger partial charge in [-0.3, -0.25) is 0 Å². The molecule has 3 aliphatic heterocycles. The second-order valence-corrected chi connectivity index (χ2v) is 5.13. The van der Waals surface area contributed by atoms with E-state index >= 15 is 0 Å². The van der Waals surface area contributed by atoms with Crippen molar-refractivity contribution in [3.8, 4) is 0 Å². The van der Waals surface area contributed by atoms with Gasteiger partial charge in [-0.25, -0.2) is 0 Å². The molecule has 3 aliphatic rings. The van der Waals surface area contributed by atoms with E-state index in [-0.39, 0.29) is 0 Å². The van der Waals surface area contributed by atoms with Crippen LogP contribution in [0.2, 0.25) is 0 Å². The molecule has 2 bridgehead atoms. The highest BCUT2D eigenvalue weighted by Crippen LogP contribution is 2.54. The molecule has 3 heterocycles. The molecule has 2 N–H and O–H groups in total. The molecule has 3 rings (SSSR count). The summed E-state index contributed by atoms with van der Waals surface area (Å²) in [6, 6.07) is 0. The maximum absolute atomic E-state index is 10.1. The zero-order valence-electron chi connectivity index (χ0n) is 9.13. The van der Waals surface area contributed by atoms with Crippen molar-refractivity contribution < 1.29 is 19.7 Å². The van der Waals surface area contributed by atoms with E-state index in [1.165, 1.54) is 0 Å². The highest BCUT2D eigenvalue weighted by molar-refractivity contribution is 5.08. The van der Waals surface area contributed by atoms with E-state index in [2.05, 4.69) is 0 Å². The third-order valence-electron chi connectivity index (χ3n) is 3.89. The summed E-state index contributed by atoms with van der Waals surface area (Å²) in [7, 11) is 0. The van der Waals surface area contributed by atoms with Gasteiger partial charge in [0.25, 0.3) is 0 Å². The van der Waals surface area contributed by atoms with Gasteiger partial charge >= 0.3 is 0 Å². The molecule has 82 valence electrons. The Labute approximate surface area is 83.8 Å². The van der Waals surface area contributed by atoms with E-state index in [0.717, 1.165) is 0 Å². The monoisotopic (exact) mass is 202 g/mol. The van der Waals surface area contributed by atoms with Gasteiger partial charge in [-0.1, -0.05) is 0 Å². The normalized spacial score (nSPS) is 63.0. The van der Waals surface area contributed by atoms with Crippen LogP contribution >= 0.6 is 0 Å². The zero-order chi connectivity index (χ0) is 10.8. The van der Waals surface area contributed by atoms with E-state index < -0.39 is 22.8 Å². The Morgan fingerprint density at radius 1 is 0.786 bits per heavy atom. The predicted molar refractivity (Wildman–Crippen MR) is 49.5 cm³/mol. The molecule has 4 nitrogen and oxygen atoms in total. The molecule has 0 unspecified atom stereocenters. The third kappa shape index (κ3) is 1.03. The van der Waals surface area contributed by atoms with Gasteiger partial charge in [0.1, 0.15) is 11.2 Å². The van der Waals surface area contributed by atoms with Crippen LogP contribution in [0.5, 0.6) is 0 Å². The van der Waals surface area contributed by atoms with Crippen LogP contribution in [0.3, 0.4) is 0 Å². The fourth-order valence-corrected chi connectivity index (χ4v) is 2.33. The van der Waals surface area contributed by atoms with Crippen LogP contribution in [0, 0.1) is 0 Å². The van der Waals surface area contributed by atoms with E-state index in [1.807, 2.05) is 0 Å².